The Morgan fingerprint density at radius 2 is 2.00 bits per heavy atom. The molecule has 0 aliphatic carbocycles. The first-order valence-electron chi connectivity index (χ1n) is 9.22. The number of hydrogen-bond acceptors (Lipinski definition) is 5. The smallest absolute Gasteiger partial charge is 0.159 e. The summed E-state index contributed by atoms with van der Waals surface area (Å²) in [5.74, 6) is 1.79. The molecule has 0 bridgehead atoms. The van der Waals surface area contributed by atoms with Crippen molar-refractivity contribution in [1.82, 2.24) is 19.7 Å². The van der Waals surface area contributed by atoms with Gasteiger partial charge in [0.05, 0.1) is 17.9 Å². The lowest BCUT2D eigenvalue weighted by molar-refractivity contribution is 0.350. The molecule has 0 saturated heterocycles. The fourth-order valence-electron chi connectivity index (χ4n) is 3.47. The minimum absolute atomic E-state index is 0.506. The summed E-state index contributed by atoms with van der Waals surface area (Å²) in [6.45, 7) is 5.83. The first kappa shape index (κ1) is 18.7. The van der Waals surface area contributed by atoms with Gasteiger partial charge >= 0.3 is 0 Å². The number of aromatic nitrogens is 3. The lowest BCUT2D eigenvalue weighted by Crippen LogP contribution is -2.21. The van der Waals surface area contributed by atoms with Crippen LogP contribution in [0, 0.1) is 0 Å². The summed E-state index contributed by atoms with van der Waals surface area (Å²) in [4.78, 5) is 8.32. The van der Waals surface area contributed by atoms with Crippen LogP contribution in [0.1, 0.15) is 22.8 Å². The molecule has 0 fully saturated rings. The predicted octanol–water partition coefficient (Wildman–Crippen LogP) is 3.96. The van der Waals surface area contributed by atoms with Crippen LogP contribution in [0.25, 0.3) is 5.69 Å². The summed E-state index contributed by atoms with van der Waals surface area (Å²) in [5, 5.41) is 8.91. The summed E-state index contributed by atoms with van der Waals surface area (Å²) in [5.41, 5.74) is 4.32. The molecule has 1 aliphatic rings. The Bertz CT molecular complexity index is 1020. The van der Waals surface area contributed by atoms with Crippen LogP contribution in [-0.2, 0) is 13.1 Å². The first-order chi connectivity index (χ1) is 13.7. The standard InChI is InChI=1S/C22H23N5S/c1-4-12-26(2)15-21-25-24-20-14-23-22(16-8-6-5-7-9-16)18-13-17(28-3)10-11-19(18)27(20)21/h4-11,13H,1,12,14-15H2,2-3H3. The Labute approximate surface area is 169 Å². The third-order valence-corrected chi connectivity index (χ3v) is 5.50. The zero-order valence-electron chi connectivity index (χ0n) is 16.2. The van der Waals surface area contributed by atoms with Crippen molar-refractivity contribution in [2.24, 2.45) is 4.99 Å². The Kier molecular flexibility index (Phi) is 5.41. The topological polar surface area (TPSA) is 46.3 Å². The SMILES string of the molecule is C=CCN(C)Cc1nnc2n1-c1ccc(SC)cc1C(c1ccccc1)=NC2. The van der Waals surface area contributed by atoms with Crippen molar-refractivity contribution < 1.29 is 0 Å². The lowest BCUT2D eigenvalue weighted by Gasteiger charge is -2.17. The number of nitrogens with zero attached hydrogens (tertiary/aromatic N) is 5. The minimum Gasteiger partial charge on any atom is -0.295 e. The number of thioether (sulfide) groups is 1. The number of rotatable bonds is 6. The molecule has 0 radical (unpaired) electrons. The molecule has 4 rings (SSSR count). The fourth-order valence-corrected chi connectivity index (χ4v) is 3.91. The third-order valence-electron chi connectivity index (χ3n) is 4.77. The highest BCUT2D eigenvalue weighted by Crippen LogP contribution is 2.29. The van der Waals surface area contributed by atoms with Crippen molar-refractivity contribution in [3.63, 3.8) is 0 Å². The first-order valence-corrected chi connectivity index (χ1v) is 10.4. The van der Waals surface area contributed by atoms with Crippen LogP contribution in [0.3, 0.4) is 0 Å². The number of hydrogen-bond donors (Lipinski definition) is 0. The van der Waals surface area contributed by atoms with Gasteiger partial charge in [-0.1, -0.05) is 36.4 Å². The molecule has 2 heterocycles. The minimum atomic E-state index is 0.506. The Hall–Kier alpha value is -2.70. The van der Waals surface area contributed by atoms with E-state index in [1.165, 1.54) is 4.90 Å². The van der Waals surface area contributed by atoms with Gasteiger partial charge in [-0.25, -0.2) is 0 Å². The molecule has 6 heteroatoms. The van der Waals surface area contributed by atoms with Crippen molar-refractivity contribution in [2.45, 2.75) is 18.0 Å². The summed E-state index contributed by atoms with van der Waals surface area (Å²) in [7, 11) is 2.06. The maximum Gasteiger partial charge on any atom is 0.159 e. The van der Waals surface area contributed by atoms with Crippen molar-refractivity contribution in [3.8, 4) is 5.69 Å². The van der Waals surface area contributed by atoms with Crippen molar-refractivity contribution >= 4 is 17.5 Å². The fraction of sp³-hybridized carbons (Fsp3) is 0.227. The molecule has 0 spiro atoms. The maximum absolute atomic E-state index is 4.93. The van der Waals surface area contributed by atoms with E-state index in [0.29, 0.717) is 13.1 Å². The molecule has 28 heavy (non-hydrogen) atoms. The van der Waals surface area contributed by atoms with Crippen LogP contribution in [-0.4, -0.2) is 45.2 Å². The third kappa shape index (κ3) is 3.53. The van der Waals surface area contributed by atoms with Gasteiger partial charge in [-0.15, -0.1) is 28.5 Å². The Balaban J connectivity index is 1.87. The van der Waals surface area contributed by atoms with Gasteiger partial charge in [0.2, 0.25) is 0 Å². The van der Waals surface area contributed by atoms with E-state index < -0.39 is 0 Å². The van der Waals surface area contributed by atoms with Crippen LogP contribution < -0.4 is 0 Å². The van der Waals surface area contributed by atoms with Crippen molar-refractivity contribution in [3.05, 3.63) is 84.0 Å². The molecule has 0 unspecified atom stereocenters. The van der Waals surface area contributed by atoms with Gasteiger partial charge in [0.25, 0.3) is 0 Å². The van der Waals surface area contributed by atoms with Gasteiger partial charge in [0.1, 0.15) is 6.54 Å². The van der Waals surface area contributed by atoms with Crippen LogP contribution in [0.4, 0.5) is 0 Å². The van der Waals surface area contributed by atoms with Gasteiger partial charge in [-0.2, -0.15) is 0 Å². The average Bonchev–Trinajstić information content (AvgIpc) is 3.03. The number of benzene rings is 2. The van der Waals surface area contributed by atoms with E-state index in [1.54, 1.807) is 11.8 Å². The predicted molar refractivity (Wildman–Crippen MR) is 115 cm³/mol. The zero-order chi connectivity index (χ0) is 19.5. The normalized spacial score (nSPS) is 12.9. The average molecular weight is 390 g/mol. The van der Waals surface area contributed by atoms with E-state index in [-0.39, 0.29) is 0 Å². The van der Waals surface area contributed by atoms with E-state index in [9.17, 15) is 0 Å². The molecule has 2 aromatic carbocycles. The number of aliphatic imine (C=N–C) groups is 1. The molecule has 0 amide bonds. The molecular formula is C22H23N5S. The summed E-state index contributed by atoms with van der Waals surface area (Å²) in [6, 6.07) is 16.9. The van der Waals surface area contributed by atoms with E-state index in [4.69, 9.17) is 4.99 Å². The highest BCUT2D eigenvalue weighted by atomic mass is 32.2. The summed E-state index contributed by atoms with van der Waals surface area (Å²) < 4.78 is 2.17. The molecule has 3 aromatic rings. The molecule has 1 aliphatic heterocycles. The molecule has 0 N–H and O–H groups in total. The molecule has 142 valence electrons. The number of likely N-dealkylation sites (N-methyl/N-ethyl adjacent to an activating group) is 1. The van der Waals surface area contributed by atoms with E-state index >= 15 is 0 Å². The van der Waals surface area contributed by atoms with Crippen LogP contribution in [0.15, 0.2) is 71.1 Å². The molecule has 0 saturated carbocycles. The van der Waals surface area contributed by atoms with Crippen LogP contribution in [0.2, 0.25) is 0 Å². The van der Waals surface area contributed by atoms with Gasteiger partial charge in [-0.05, 0) is 31.5 Å². The molecule has 0 atom stereocenters. The Morgan fingerprint density at radius 1 is 1.18 bits per heavy atom. The highest BCUT2D eigenvalue weighted by Gasteiger charge is 2.23. The largest absolute Gasteiger partial charge is 0.295 e. The Morgan fingerprint density at radius 3 is 2.75 bits per heavy atom. The highest BCUT2D eigenvalue weighted by molar-refractivity contribution is 7.98. The molecular weight excluding hydrogens is 366 g/mol. The van der Waals surface area contributed by atoms with Crippen molar-refractivity contribution in [2.75, 3.05) is 19.8 Å². The lowest BCUT2D eigenvalue weighted by atomic mass is 10.0. The van der Waals surface area contributed by atoms with Crippen molar-refractivity contribution in [1.29, 1.82) is 0 Å². The van der Waals surface area contributed by atoms with Crippen LogP contribution >= 0.6 is 11.8 Å². The molecule has 5 nitrogen and oxygen atoms in total. The second-order valence-electron chi connectivity index (χ2n) is 6.77. The second kappa shape index (κ2) is 8.12. The van der Waals surface area contributed by atoms with Gasteiger partial charge < -0.3 is 0 Å². The van der Waals surface area contributed by atoms with E-state index in [1.807, 2.05) is 12.1 Å². The quantitative estimate of drug-likeness (QED) is 0.473. The monoisotopic (exact) mass is 389 g/mol. The summed E-state index contributed by atoms with van der Waals surface area (Å²) >= 11 is 1.74. The van der Waals surface area contributed by atoms with E-state index in [0.717, 1.165) is 40.7 Å². The second-order valence-corrected chi connectivity index (χ2v) is 7.65. The van der Waals surface area contributed by atoms with Crippen LogP contribution in [0.5, 0.6) is 0 Å². The van der Waals surface area contributed by atoms with E-state index in [2.05, 4.69) is 82.0 Å². The van der Waals surface area contributed by atoms with Gasteiger partial charge in [0, 0.05) is 22.6 Å². The summed E-state index contributed by atoms with van der Waals surface area (Å²) in [6.07, 6.45) is 3.99. The van der Waals surface area contributed by atoms with Gasteiger partial charge in [0.15, 0.2) is 11.6 Å². The molecule has 1 aromatic heterocycles. The zero-order valence-corrected chi connectivity index (χ0v) is 17.0. The maximum atomic E-state index is 4.93. The number of fused-ring (bicyclic) bond motifs is 3. The van der Waals surface area contributed by atoms with Gasteiger partial charge in [-0.3, -0.25) is 14.5 Å².